The number of benzene rings is 1. The Morgan fingerprint density at radius 1 is 1.14 bits per heavy atom. The van der Waals surface area contributed by atoms with E-state index in [0.29, 0.717) is 6.54 Å². The van der Waals surface area contributed by atoms with Crippen LogP contribution in [0.2, 0.25) is 0 Å². The first-order chi connectivity index (χ1) is 10.1. The minimum Gasteiger partial charge on any atom is -0.373 e. The minimum atomic E-state index is 0.213. The van der Waals surface area contributed by atoms with Crippen LogP contribution in [-0.4, -0.2) is 42.5 Å². The van der Waals surface area contributed by atoms with Crippen LogP contribution in [0.1, 0.15) is 48.2 Å². The van der Waals surface area contributed by atoms with E-state index in [1.807, 2.05) is 6.07 Å². The van der Waals surface area contributed by atoms with Gasteiger partial charge in [-0.15, -0.1) is 0 Å². The zero-order chi connectivity index (χ0) is 14.8. The van der Waals surface area contributed by atoms with Crippen LogP contribution in [0.5, 0.6) is 0 Å². The standard InChI is InChI=1S/C18H25NO2/c1-13-10-19(11-14(2)21-13)12-18(20)17-8-7-15-5-3-4-6-16(15)9-17/h7-9,13-14H,3-6,10-12H2,1-2H3. The molecule has 2 aliphatic rings. The lowest BCUT2D eigenvalue weighted by atomic mass is 9.90. The Morgan fingerprint density at radius 2 is 1.81 bits per heavy atom. The molecule has 1 fully saturated rings. The van der Waals surface area contributed by atoms with Crippen molar-refractivity contribution < 1.29 is 9.53 Å². The largest absolute Gasteiger partial charge is 0.373 e. The van der Waals surface area contributed by atoms with E-state index in [9.17, 15) is 4.79 Å². The summed E-state index contributed by atoms with van der Waals surface area (Å²) in [7, 11) is 0. The van der Waals surface area contributed by atoms with Gasteiger partial charge in [0.25, 0.3) is 0 Å². The minimum absolute atomic E-state index is 0.213. The van der Waals surface area contributed by atoms with Crippen LogP contribution in [-0.2, 0) is 17.6 Å². The second kappa shape index (κ2) is 6.29. The van der Waals surface area contributed by atoms with E-state index in [1.165, 1.54) is 30.4 Å². The van der Waals surface area contributed by atoms with Gasteiger partial charge in [-0.25, -0.2) is 0 Å². The van der Waals surface area contributed by atoms with Gasteiger partial charge >= 0.3 is 0 Å². The Bertz CT molecular complexity index is 516. The Labute approximate surface area is 127 Å². The number of aryl methyl sites for hydroxylation is 2. The number of carbonyl (C=O) groups excluding carboxylic acids is 1. The van der Waals surface area contributed by atoms with Crippen molar-refractivity contribution in [3.63, 3.8) is 0 Å². The summed E-state index contributed by atoms with van der Waals surface area (Å²) in [5, 5.41) is 0. The van der Waals surface area contributed by atoms with Gasteiger partial charge in [-0.05, 0) is 56.7 Å². The Kier molecular flexibility index (Phi) is 4.41. The maximum Gasteiger partial charge on any atom is 0.176 e. The van der Waals surface area contributed by atoms with Crippen molar-refractivity contribution in [3.8, 4) is 0 Å². The van der Waals surface area contributed by atoms with E-state index in [-0.39, 0.29) is 18.0 Å². The first-order valence-electron chi connectivity index (χ1n) is 8.14. The molecule has 0 radical (unpaired) electrons. The smallest absolute Gasteiger partial charge is 0.176 e. The third-order valence-corrected chi connectivity index (χ3v) is 4.53. The summed E-state index contributed by atoms with van der Waals surface area (Å²) < 4.78 is 5.73. The number of hydrogen-bond donors (Lipinski definition) is 0. The molecule has 3 nitrogen and oxygen atoms in total. The van der Waals surface area contributed by atoms with Crippen molar-refractivity contribution in [2.45, 2.75) is 51.7 Å². The van der Waals surface area contributed by atoms with Crippen LogP contribution in [0, 0.1) is 0 Å². The van der Waals surface area contributed by atoms with Crippen LogP contribution < -0.4 is 0 Å². The molecule has 0 spiro atoms. The molecule has 0 aromatic heterocycles. The average Bonchev–Trinajstić information content (AvgIpc) is 2.45. The van der Waals surface area contributed by atoms with Crippen molar-refractivity contribution in [1.29, 1.82) is 0 Å². The normalized spacial score (nSPS) is 26.4. The van der Waals surface area contributed by atoms with Gasteiger partial charge in [0.1, 0.15) is 0 Å². The molecule has 3 heteroatoms. The summed E-state index contributed by atoms with van der Waals surface area (Å²) in [6.07, 6.45) is 5.26. The van der Waals surface area contributed by atoms with Crippen LogP contribution in [0.15, 0.2) is 18.2 Å². The molecule has 1 aliphatic carbocycles. The summed E-state index contributed by atoms with van der Waals surface area (Å²) in [4.78, 5) is 14.8. The van der Waals surface area contributed by atoms with E-state index in [1.54, 1.807) is 0 Å². The van der Waals surface area contributed by atoms with Crippen molar-refractivity contribution >= 4 is 5.78 Å². The average molecular weight is 287 g/mol. The fourth-order valence-corrected chi connectivity index (χ4v) is 3.61. The lowest BCUT2D eigenvalue weighted by molar-refractivity contribution is -0.0652. The highest BCUT2D eigenvalue weighted by Crippen LogP contribution is 2.22. The van der Waals surface area contributed by atoms with Crippen LogP contribution in [0.3, 0.4) is 0 Å². The number of nitrogens with zero attached hydrogens (tertiary/aromatic N) is 1. The van der Waals surface area contributed by atoms with Gasteiger partial charge in [-0.3, -0.25) is 9.69 Å². The van der Waals surface area contributed by atoms with Gasteiger partial charge in [-0.2, -0.15) is 0 Å². The van der Waals surface area contributed by atoms with Crippen molar-refractivity contribution in [1.82, 2.24) is 4.90 Å². The number of Topliss-reactive ketones (excluding diaryl/α,β-unsaturated/α-hetero) is 1. The molecule has 2 unspecified atom stereocenters. The fraction of sp³-hybridized carbons (Fsp3) is 0.611. The van der Waals surface area contributed by atoms with Gasteiger partial charge in [0.15, 0.2) is 5.78 Å². The number of ether oxygens (including phenoxy) is 1. The first kappa shape index (κ1) is 14.7. The van der Waals surface area contributed by atoms with Gasteiger partial charge in [0, 0.05) is 18.7 Å². The number of fused-ring (bicyclic) bond motifs is 1. The zero-order valence-electron chi connectivity index (χ0n) is 13.1. The highest BCUT2D eigenvalue weighted by molar-refractivity contribution is 5.97. The zero-order valence-corrected chi connectivity index (χ0v) is 13.1. The molecule has 0 bridgehead atoms. The molecule has 0 N–H and O–H groups in total. The Balaban J connectivity index is 1.67. The predicted molar refractivity (Wildman–Crippen MR) is 83.9 cm³/mol. The van der Waals surface area contributed by atoms with Gasteiger partial charge in [0.05, 0.1) is 18.8 Å². The topological polar surface area (TPSA) is 29.5 Å². The third-order valence-electron chi connectivity index (χ3n) is 4.53. The lowest BCUT2D eigenvalue weighted by Gasteiger charge is -2.34. The fourth-order valence-electron chi connectivity index (χ4n) is 3.61. The number of rotatable bonds is 3. The maximum absolute atomic E-state index is 12.5. The van der Waals surface area contributed by atoms with E-state index in [0.717, 1.165) is 25.1 Å². The molecule has 3 rings (SSSR count). The molecule has 21 heavy (non-hydrogen) atoms. The van der Waals surface area contributed by atoms with Crippen molar-refractivity contribution in [2.75, 3.05) is 19.6 Å². The molecule has 2 atom stereocenters. The molecule has 1 heterocycles. The van der Waals surface area contributed by atoms with Gasteiger partial charge in [-0.1, -0.05) is 12.1 Å². The summed E-state index contributed by atoms with van der Waals surface area (Å²) in [5.74, 6) is 0.240. The Morgan fingerprint density at radius 3 is 2.52 bits per heavy atom. The summed E-state index contributed by atoms with van der Waals surface area (Å²) in [5.41, 5.74) is 3.70. The molecule has 1 aromatic rings. The highest BCUT2D eigenvalue weighted by Gasteiger charge is 2.24. The number of morpholine rings is 1. The molecule has 1 aromatic carbocycles. The summed E-state index contributed by atoms with van der Waals surface area (Å²) in [6, 6.07) is 6.30. The molecular formula is C18H25NO2. The molecule has 1 aliphatic heterocycles. The maximum atomic E-state index is 12.5. The van der Waals surface area contributed by atoms with Crippen molar-refractivity contribution in [2.24, 2.45) is 0 Å². The SMILES string of the molecule is CC1CN(CC(=O)c2ccc3c(c2)CCCC3)CC(C)O1. The predicted octanol–water partition coefficient (Wildman–Crippen LogP) is 2.86. The molecular weight excluding hydrogens is 262 g/mol. The van der Waals surface area contributed by atoms with Crippen LogP contribution in [0.4, 0.5) is 0 Å². The molecule has 1 saturated heterocycles. The molecule has 0 amide bonds. The second-order valence-electron chi connectivity index (χ2n) is 6.57. The summed E-state index contributed by atoms with van der Waals surface area (Å²) >= 11 is 0. The first-order valence-corrected chi connectivity index (χ1v) is 8.14. The van der Waals surface area contributed by atoms with E-state index in [4.69, 9.17) is 4.74 Å². The quantitative estimate of drug-likeness (QED) is 0.801. The highest BCUT2D eigenvalue weighted by atomic mass is 16.5. The van der Waals surface area contributed by atoms with E-state index >= 15 is 0 Å². The number of carbonyl (C=O) groups is 1. The van der Waals surface area contributed by atoms with Gasteiger partial charge < -0.3 is 4.74 Å². The lowest BCUT2D eigenvalue weighted by Crippen LogP contribution is -2.47. The van der Waals surface area contributed by atoms with Gasteiger partial charge in [0.2, 0.25) is 0 Å². The van der Waals surface area contributed by atoms with E-state index in [2.05, 4.69) is 30.9 Å². The Hall–Kier alpha value is -1.19. The number of ketones is 1. The van der Waals surface area contributed by atoms with Crippen LogP contribution >= 0.6 is 0 Å². The molecule has 114 valence electrons. The summed E-state index contributed by atoms with van der Waals surface area (Å²) in [6.45, 7) is 6.36. The second-order valence-corrected chi connectivity index (χ2v) is 6.57. The number of hydrogen-bond acceptors (Lipinski definition) is 3. The van der Waals surface area contributed by atoms with Crippen LogP contribution in [0.25, 0.3) is 0 Å². The third kappa shape index (κ3) is 3.53. The van der Waals surface area contributed by atoms with E-state index < -0.39 is 0 Å². The van der Waals surface area contributed by atoms with Crippen molar-refractivity contribution in [3.05, 3.63) is 34.9 Å². The monoisotopic (exact) mass is 287 g/mol. The molecule has 0 saturated carbocycles.